The van der Waals surface area contributed by atoms with Crippen LogP contribution >= 0.6 is 0 Å². The minimum Gasteiger partial charge on any atom is -0.456 e. The van der Waals surface area contributed by atoms with Gasteiger partial charge in [0.1, 0.15) is 11.2 Å². The molecule has 0 radical (unpaired) electrons. The van der Waals surface area contributed by atoms with Crippen LogP contribution in [-0.2, 0) is 0 Å². The Morgan fingerprint density at radius 2 is 1.16 bits per heavy atom. The van der Waals surface area contributed by atoms with Crippen LogP contribution in [0.1, 0.15) is 11.1 Å². The number of furan rings is 1. The van der Waals surface area contributed by atoms with Crippen LogP contribution in [0.15, 0.2) is 184 Å². The highest BCUT2D eigenvalue weighted by molar-refractivity contribution is 6.21. The molecule has 0 unspecified atom stereocenters. The Bertz CT molecular complexity index is 2760. The number of amidine groups is 1. The molecular formula is C45H30N4O. The van der Waals surface area contributed by atoms with Crippen molar-refractivity contribution in [3.63, 3.8) is 0 Å². The summed E-state index contributed by atoms with van der Waals surface area (Å²) >= 11 is 0. The number of aliphatic imine (C=N–C) groups is 2. The molecule has 0 atom stereocenters. The molecule has 0 aliphatic heterocycles. The maximum atomic E-state index is 9.50. The molecule has 9 rings (SSSR count). The highest BCUT2D eigenvalue weighted by Crippen LogP contribution is 2.38. The number of para-hydroxylation sites is 1. The fourth-order valence-electron chi connectivity index (χ4n) is 6.92. The second-order valence-corrected chi connectivity index (χ2v) is 12.2. The second kappa shape index (κ2) is 12.3. The third-order valence-corrected chi connectivity index (χ3v) is 9.18. The van der Waals surface area contributed by atoms with Crippen LogP contribution in [0.4, 0.5) is 0 Å². The van der Waals surface area contributed by atoms with E-state index in [9.17, 15) is 5.41 Å². The lowest BCUT2D eigenvalue weighted by atomic mass is 9.99. The summed E-state index contributed by atoms with van der Waals surface area (Å²) in [6.07, 6.45) is 1.79. The van der Waals surface area contributed by atoms with Gasteiger partial charge in [0.2, 0.25) is 5.96 Å². The predicted molar refractivity (Wildman–Crippen MR) is 208 cm³/mol. The van der Waals surface area contributed by atoms with E-state index in [1.807, 2.05) is 95.6 Å². The van der Waals surface area contributed by atoms with Gasteiger partial charge < -0.3 is 4.42 Å². The van der Waals surface area contributed by atoms with Gasteiger partial charge in [-0.3, -0.25) is 9.98 Å². The van der Waals surface area contributed by atoms with Crippen LogP contribution in [0.2, 0.25) is 0 Å². The number of rotatable bonds is 4. The van der Waals surface area contributed by atoms with E-state index in [1.165, 1.54) is 0 Å². The molecule has 2 aromatic heterocycles. The topological polar surface area (TPSA) is 66.6 Å². The number of aromatic nitrogens is 1. The zero-order chi connectivity index (χ0) is 33.4. The minimum absolute atomic E-state index is 0.0673. The number of nitrogens with one attached hydrogen (secondary N) is 1. The van der Waals surface area contributed by atoms with E-state index in [0.717, 1.165) is 77.1 Å². The molecule has 0 spiro atoms. The third-order valence-electron chi connectivity index (χ3n) is 9.18. The average molecular weight is 643 g/mol. The van der Waals surface area contributed by atoms with Crippen LogP contribution in [0, 0.1) is 5.41 Å². The summed E-state index contributed by atoms with van der Waals surface area (Å²) in [5.41, 5.74) is 9.55. The molecule has 0 aliphatic carbocycles. The SMILES string of the molecule is N=C(N=C(N=Cc1ccccc1)c1ccc2c(c1)oc1cccc(-c3ccccc3)c12)n1c2ccccc2c2c(-c3ccccc3)cccc21. The summed E-state index contributed by atoms with van der Waals surface area (Å²) in [5, 5.41) is 13.7. The smallest absolute Gasteiger partial charge is 0.229 e. The number of nitrogens with zero attached hydrogens (tertiary/aromatic N) is 3. The fraction of sp³-hybridized carbons (Fsp3) is 0. The number of hydrogen-bond donors (Lipinski definition) is 1. The highest BCUT2D eigenvalue weighted by Gasteiger charge is 2.19. The monoisotopic (exact) mass is 642 g/mol. The maximum Gasteiger partial charge on any atom is 0.229 e. The normalized spacial score (nSPS) is 12.1. The molecular weight excluding hydrogens is 613 g/mol. The van der Waals surface area contributed by atoms with Crippen molar-refractivity contribution in [2.24, 2.45) is 9.98 Å². The lowest BCUT2D eigenvalue weighted by molar-refractivity contribution is 0.669. The van der Waals surface area contributed by atoms with E-state index in [-0.39, 0.29) is 5.96 Å². The second-order valence-electron chi connectivity index (χ2n) is 12.2. The first-order valence-electron chi connectivity index (χ1n) is 16.6. The number of fused-ring (bicyclic) bond motifs is 6. The Morgan fingerprint density at radius 1 is 0.540 bits per heavy atom. The van der Waals surface area contributed by atoms with Crippen molar-refractivity contribution < 1.29 is 4.42 Å². The van der Waals surface area contributed by atoms with Crippen molar-refractivity contribution in [3.05, 3.63) is 181 Å². The lowest BCUT2D eigenvalue weighted by Crippen LogP contribution is -2.11. The average Bonchev–Trinajstić information content (AvgIpc) is 3.73. The van der Waals surface area contributed by atoms with Crippen LogP contribution in [0.25, 0.3) is 66.0 Å². The molecule has 5 heteroatoms. The third kappa shape index (κ3) is 5.09. The number of hydrogen-bond acceptors (Lipinski definition) is 2. The standard InChI is InChI=1S/C45H30N4O/c46-45(49-38-23-11-10-20-36(38)42-34(21-12-24-39(42)49)31-16-6-2-7-17-31)48-44(47-29-30-14-4-1-5-15-30)33-26-27-37-41(28-33)50-40-25-13-22-35(43(37)40)32-18-8-3-9-19-32/h1-29,46H. The Kier molecular flexibility index (Phi) is 7.21. The summed E-state index contributed by atoms with van der Waals surface area (Å²) in [7, 11) is 0. The van der Waals surface area contributed by atoms with E-state index in [2.05, 4.69) is 78.9 Å². The first-order valence-corrected chi connectivity index (χ1v) is 16.6. The van der Waals surface area contributed by atoms with E-state index in [0.29, 0.717) is 5.84 Å². The van der Waals surface area contributed by atoms with E-state index < -0.39 is 0 Å². The molecule has 0 aliphatic rings. The molecule has 50 heavy (non-hydrogen) atoms. The Labute approximate surface area is 288 Å². The Balaban J connectivity index is 1.22. The molecule has 0 fully saturated rings. The molecule has 0 amide bonds. The molecule has 236 valence electrons. The fourth-order valence-corrected chi connectivity index (χ4v) is 6.92. The summed E-state index contributed by atoms with van der Waals surface area (Å²) < 4.78 is 8.37. The molecule has 2 heterocycles. The van der Waals surface area contributed by atoms with E-state index in [1.54, 1.807) is 6.21 Å². The quantitative estimate of drug-likeness (QED) is 0.151. The number of benzene rings is 7. The zero-order valence-electron chi connectivity index (χ0n) is 27.0. The van der Waals surface area contributed by atoms with Crippen LogP contribution in [0.5, 0.6) is 0 Å². The lowest BCUT2D eigenvalue weighted by Gasteiger charge is -2.08. The first kappa shape index (κ1) is 29.3. The van der Waals surface area contributed by atoms with Crippen molar-refractivity contribution in [2.75, 3.05) is 0 Å². The summed E-state index contributed by atoms with van der Waals surface area (Å²) in [5.74, 6) is 0.479. The van der Waals surface area contributed by atoms with Crippen molar-refractivity contribution in [1.29, 1.82) is 5.41 Å². The van der Waals surface area contributed by atoms with E-state index in [4.69, 9.17) is 14.4 Å². The molecule has 7 aromatic carbocycles. The highest BCUT2D eigenvalue weighted by atomic mass is 16.3. The molecule has 9 aromatic rings. The Morgan fingerprint density at radius 3 is 1.90 bits per heavy atom. The minimum atomic E-state index is 0.0673. The van der Waals surface area contributed by atoms with Gasteiger partial charge in [0.25, 0.3) is 0 Å². The maximum absolute atomic E-state index is 9.50. The van der Waals surface area contributed by atoms with Gasteiger partial charge >= 0.3 is 0 Å². The summed E-state index contributed by atoms with van der Waals surface area (Å²) in [6, 6.07) is 57.4. The van der Waals surface area contributed by atoms with Crippen LogP contribution in [0.3, 0.4) is 0 Å². The van der Waals surface area contributed by atoms with Gasteiger partial charge in [-0.25, -0.2) is 4.99 Å². The zero-order valence-corrected chi connectivity index (χ0v) is 27.0. The van der Waals surface area contributed by atoms with Gasteiger partial charge in [0, 0.05) is 33.3 Å². The van der Waals surface area contributed by atoms with Gasteiger partial charge in [-0.1, -0.05) is 140 Å². The largest absolute Gasteiger partial charge is 0.456 e. The summed E-state index contributed by atoms with van der Waals surface area (Å²) in [6.45, 7) is 0. The van der Waals surface area contributed by atoms with Gasteiger partial charge in [0.15, 0.2) is 5.84 Å². The Hall–Kier alpha value is -6.85. The van der Waals surface area contributed by atoms with Crippen LogP contribution in [-0.4, -0.2) is 22.6 Å². The van der Waals surface area contributed by atoms with Gasteiger partial charge in [-0.2, -0.15) is 4.99 Å². The van der Waals surface area contributed by atoms with E-state index >= 15 is 0 Å². The van der Waals surface area contributed by atoms with Crippen molar-refractivity contribution in [1.82, 2.24) is 4.57 Å². The summed E-state index contributed by atoms with van der Waals surface area (Å²) in [4.78, 5) is 9.85. The van der Waals surface area contributed by atoms with Crippen molar-refractivity contribution in [2.45, 2.75) is 0 Å². The van der Waals surface area contributed by atoms with Gasteiger partial charge in [-0.05, 0) is 58.1 Å². The molecule has 5 nitrogen and oxygen atoms in total. The van der Waals surface area contributed by atoms with Crippen LogP contribution < -0.4 is 0 Å². The van der Waals surface area contributed by atoms with Gasteiger partial charge in [0.05, 0.1) is 11.0 Å². The first-order chi connectivity index (χ1) is 24.7. The van der Waals surface area contributed by atoms with Crippen molar-refractivity contribution >= 4 is 61.8 Å². The molecule has 0 saturated carbocycles. The predicted octanol–water partition coefficient (Wildman–Crippen LogP) is 11.4. The molecule has 0 bridgehead atoms. The molecule has 0 saturated heterocycles. The molecule has 1 N–H and O–H groups in total. The van der Waals surface area contributed by atoms with Gasteiger partial charge in [-0.15, -0.1) is 0 Å². The van der Waals surface area contributed by atoms with Crippen molar-refractivity contribution in [3.8, 4) is 22.3 Å².